The van der Waals surface area contributed by atoms with Crippen molar-refractivity contribution in [2.45, 2.75) is 0 Å². The van der Waals surface area contributed by atoms with Crippen molar-refractivity contribution in [1.29, 1.82) is 0 Å². The Morgan fingerprint density at radius 3 is 2.11 bits per heavy atom. The van der Waals surface area contributed by atoms with Gasteiger partial charge >= 0.3 is 5.97 Å². The maximum Gasteiger partial charge on any atom is 0.337 e. The lowest BCUT2D eigenvalue weighted by Gasteiger charge is -2.13. The van der Waals surface area contributed by atoms with Crippen LogP contribution in [0.15, 0.2) is 30.3 Å². The maximum absolute atomic E-state index is 12.4. The van der Waals surface area contributed by atoms with Gasteiger partial charge in [-0.1, -0.05) is 23.2 Å². The zero-order valence-electron chi connectivity index (χ0n) is 14.1. The van der Waals surface area contributed by atoms with E-state index in [0.29, 0.717) is 11.5 Å². The van der Waals surface area contributed by atoms with Gasteiger partial charge in [0.25, 0.3) is 5.91 Å². The Morgan fingerprint density at radius 2 is 1.59 bits per heavy atom. The van der Waals surface area contributed by atoms with Crippen LogP contribution < -0.4 is 20.1 Å². The van der Waals surface area contributed by atoms with Gasteiger partial charge in [0.1, 0.15) is 11.5 Å². The van der Waals surface area contributed by atoms with Gasteiger partial charge in [0.05, 0.1) is 35.5 Å². The molecule has 2 aromatic carbocycles. The summed E-state index contributed by atoms with van der Waals surface area (Å²) in [4.78, 5) is 23.6. The van der Waals surface area contributed by atoms with E-state index < -0.39 is 11.9 Å². The smallest absolute Gasteiger partial charge is 0.337 e. The van der Waals surface area contributed by atoms with Gasteiger partial charge in [-0.25, -0.2) is 4.79 Å². The van der Waals surface area contributed by atoms with Crippen molar-refractivity contribution < 1.29 is 24.2 Å². The lowest BCUT2D eigenvalue weighted by molar-refractivity contribution is 0.0697. The van der Waals surface area contributed by atoms with Gasteiger partial charge in [-0.15, -0.1) is 0 Å². The fourth-order valence-electron chi connectivity index (χ4n) is 2.08. The molecule has 0 aliphatic heterocycles. The van der Waals surface area contributed by atoms with E-state index in [-0.39, 0.29) is 32.0 Å². The molecule has 0 aliphatic rings. The fourth-order valence-corrected chi connectivity index (χ4v) is 2.79. The van der Waals surface area contributed by atoms with E-state index in [2.05, 4.69) is 10.6 Å². The van der Waals surface area contributed by atoms with E-state index in [0.717, 1.165) is 0 Å². The third kappa shape index (κ3) is 5.22. The number of rotatable bonds is 5. The monoisotopic (exact) mass is 428 g/mol. The summed E-state index contributed by atoms with van der Waals surface area (Å²) >= 11 is 17.0. The van der Waals surface area contributed by atoms with E-state index in [1.165, 1.54) is 38.5 Å². The van der Waals surface area contributed by atoms with Crippen molar-refractivity contribution in [3.8, 4) is 11.5 Å². The average molecular weight is 429 g/mol. The molecule has 0 bridgehead atoms. The Morgan fingerprint density at radius 1 is 1.00 bits per heavy atom. The lowest BCUT2D eigenvalue weighted by Crippen LogP contribution is -2.34. The number of hydrogen-bond donors (Lipinski definition) is 3. The van der Waals surface area contributed by atoms with Gasteiger partial charge in [0, 0.05) is 11.6 Å². The first-order valence-corrected chi connectivity index (χ1v) is 8.49. The Kier molecular flexibility index (Phi) is 6.84. The molecule has 7 nitrogen and oxygen atoms in total. The summed E-state index contributed by atoms with van der Waals surface area (Å²) in [5.41, 5.74) is 0.283. The van der Waals surface area contributed by atoms with E-state index in [9.17, 15) is 9.59 Å². The Balaban J connectivity index is 2.18. The van der Waals surface area contributed by atoms with E-state index in [4.69, 9.17) is 50.0 Å². The standard InChI is InChI=1S/C17H14Cl2N2O5S/c1-25-9-3-8(4-10(5-9)26-2)15(22)21-17(27)20-14-6-11(16(23)24)12(18)7-13(14)19/h3-7H,1-2H3,(H,23,24)(H2,20,21,22,27). The summed E-state index contributed by atoms with van der Waals surface area (Å²) < 4.78 is 10.2. The van der Waals surface area contributed by atoms with Gasteiger partial charge in [-0.05, 0) is 36.5 Å². The molecule has 0 aliphatic carbocycles. The molecule has 0 radical (unpaired) electrons. The molecular weight excluding hydrogens is 415 g/mol. The number of nitrogens with one attached hydrogen (secondary N) is 2. The SMILES string of the molecule is COc1cc(OC)cc(C(=O)NC(=S)Nc2cc(C(=O)O)c(Cl)cc2Cl)c1. The fraction of sp³-hybridized carbons (Fsp3) is 0.118. The highest BCUT2D eigenvalue weighted by Crippen LogP contribution is 2.29. The minimum Gasteiger partial charge on any atom is -0.497 e. The van der Waals surface area contributed by atoms with Crippen molar-refractivity contribution in [1.82, 2.24) is 5.32 Å². The number of amides is 1. The van der Waals surface area contributed by atoms with Crippen molar-refractivity contribution in [2.24, 2.45) is 0 Å². The van der Waals surface area contributed by atoms with Gasteiger partial charge in [0.15, 0.2) is 5.11 Å². The number of carboxylic acids is 1. The lowest BCUT2D eigenvalue weighted by atomic mass is 10.2. The van der Waals surface area contributed by atoms with Crippen LogP contribution in [0.1, 0.15) is 20.7 Å². The molecule has 3 N–H and O–H groups in total. The first-order valence-electron chi connectivity index (χ1n) is 7.33. The molecule has 0 atom stereocenters. The van der Waals surface area contributed by atoms with Crippen LogP contribution in [0.5, 0.6) is 11.5 Å². The van der Waals surface area contributed by atoms with Crippen LogP contribution in [0.3, 0.4) is 0 Å². The van der Waals surface area contributed by atoms with Crippen molar-refractivity contribution in [3.05, 3.63) is 51.5 Å². The highest BCUT2D eigenvalue weighted by Gasteiger charge is 2.16. The first-order chi connectivity index (χ1) is 12.7. The molecule has 0 spiro atoms. The first kappa shape index (κ1) is 20.8. The zero-order valence-corrected chi connectivity index (χ0v) is 16.5. The highest BCUT2D eigenvalue weighted by molar-refractivity contribution is 7.80. The Labute approximate surface area is 170 Å². The summed E-state index contributed by atoms with van der Waals surface area (Å²) in [6.45, 7) is 0. The summed E-state index contributed by atoms with van der Waals surface area (Å²) in [6.07, 6.45) is 0. The largest absolute Gasteiger partial charge is 0.497 e. The number of aromatic carboxylic acids is 1. The van der Waals surface area contributed by atoms with Crippen LogP contribution in [0.2, 0.25) is 10.0 Å². The van der Waals surface area contributed by atoms with Crippen LogP contribution in [0.4, 0.5) is 5.69 Å². The molecule has 142 valence electrons. The van der Waals surface area contributed by atoms with Crippen LogP contribution >= 0.6 is 35.4 Å². The molecule has 1 amide bonds. The number of halogens is 2. The Hall–Kier alpha value is -2.55. The predicted molar refractivity (Wildman–Crippen MR) is 107 cm³/mol. The molecule has 0 fully saturated rings. The number of thiocarbonyl (C=S) groups is 1. The summed E-state index contributed by atoms with van der Waals surface area (Å²) in [7, 11) is 2.93. The molecule has 0 saturated heterocycles. The van der Waals surface area contributed by atoms with Crippen LogP contribution in [-0.4, -0.2) is 36.3 Å². The van der Waals surface area contributed by atoms with Crippen molar-refractivity contribution >= 4 is 58.1 Å². The van der Waals surface area contributed by atoms with E-state index in [1.807, 2.05) is 0 Å². The number of carbonyl (C=O) groups is 2. The summed E-state index contributed by atoms with van der Waals surface area (Å²) in [5, 5.41) is 14.3. The Bertz CT molecular complexity index is 898. The predicted octanol–water partition coefficient (Wildman–Crippen LogP) is 3.84. The summed E-state index contributed by atoms with van der Waals surface area (Å²) in [6, 6.07) is 7.14. The van der Waals surface area contributed by atoms with E-state index in [1.54, 1.807) is 6.07 Å². The molecule has 0 heterocycles. The van der Waals surface area contributed by atoms with Gasteiger partial charge in [0.2, 0.25) is 0 Å². The number of ether oxygens (including phenoxy) is 2. The molecule has 0 unspecified atom stereocenters. The van der Waals surface area contributed by atoms with Gasteiger partial charge in [-0.2, -0.15) is 0 Å². The van der Waals surface area contributed by atoms with E-state index >= 15 is 0 Å². The zero-order chi connectivity index (χ0) is 20.1. The average Bonchev–Trinajstić information content (AvgIpc) is 2.62. The summed E-state index contributed by atoms with van der Waals surface area (Å²) in [5.74, 6) is -0.873. The molecular formula is C17H14Cl2N2O5S. The second-order valence-electron chi connectivity index (χ2n) is 5.13. The molecule has 27 heavy (non-hydrogen) atoms. The second kappa shape index (κ2) is 8.90. The van der Waals surface area contributed by atoms with Crippen molar-refractivity contribution in [3.63, 3.8) is 0 Å². The highest BCUT2D eigenvalue weighted by atomic mass is 35.5. The third-order valence-corrected chi connectivity index (χ3v) is 4.21. The molecule has 0 saturated carbocycles. The number of hydrogen-bond acceptors (Lipinski definition) is 5. The van der Waals surface area contributed by atoms with Crippen LogP contribution in [0, 0.1) is 0 Å². The van der Waals surface area contributed by atoms with Gasteiger partial charge < -0.3 is 19.9 Å². The minimum absolute atomic E-state index is 0.0171. The van der Waals surface area contributed by atoms with Crippen LogP contribution in [-0.2, 0) is 0 Å². The molecule has 0 aromatic heterocycles. The number of carboxylic acid groups (broad SMARTS) is 1. The quantitative estimate of drug-likeness (QED) is 0.622. The second-order valence-corrected chi connectivity index (χ2v) is 6.35. The number of carbonyl (C=O) groups excluding carboxylic acids is 1. The number of anilines is 1. The number of benzene rings is 2. The molecule has 2 aromatic rings. The molecule has 10 heteroatoms. The normalized spacial score (nSPS) is 10.1. The molecule has 2 rings (SSSR count). The topological polar surface area (TPSA) is 96.9 Å². The minimum atomic E-state index is -1.22. The third-order valence-electron chi connectivity index (χ3n) is 3.38. The van der Waals surface area contributed by atoms with Crippen molar-refractivity contribution in [2.75, 3.05) is 19.5 Å². The maximum atomic E-state index is 12.4. The van der Waals surface area contributed by atoms with Crippen LogP contribution in [0.25, 0.3) is 0 Å². The number of methoxy groups -OCH3 is 2. The van der Waals surface area contributed by atoms with Gasteiger partial charge in [-0.3, -0.25) is 10.1 Å².